The van der Waals surface area contributed by atoms with E-state index in [4.69, 9.17) is 19.3 Å². The second kappa shape index (κ2) is 7.59. The summed E-state index contributed by atoms with van der Waals surface area (Å²) < 4.78 is 16.6. The van der Waals surface area contributed by atoms with E-state index in [0.717, 1.165) is 17.2 Å². The fourth-order valence-electron chi connectivity index (χ4n) is 3.20. The summed E-state index contributed by atoms with van der Waals surface area (Å²) in [4.78, 5) is 10.8. The molecule has 1 aliphatic rings. The first-order chi connectivity index (χ1) is 13.0. The van der Waals surface area contributed by atoms with Crippen molar-refractivity contribution in [3.05, 3.63) is 53.1 Å². The fraction of sp³-hybridized carbons (Fsp3) is 0.250. The molecule has 2 aromatic rings. The highest BCUT2D eigenvalue weighted by Gasteiger charge is 2.37. The van der Waals surface area contributed by atoms with E-state index in [0.29, 0.717) is 22.8 Å². The molecule has 0 radical (unpaired) electrons. The van der Waals surface area contributed by atoms with E-state index >= 15 is 0 Å². The van der Waals surface area contributed by atoms with Gasteiger partial charge in [-0.05, 0) is 41.5 Å². The highest BCUT2D eigenvalue weighted by Crippen LogP contribution is 2.51. The minimum Gasteiger partial charge on any atom is -0.504 e. The van der Waals surface area contributed by atoms with Crippen molar-refractivity contribution in [2.45, 2.75) is 12.0 Å². The summed E-state index contributed by atoms with van der Waals surface area (Å²) >= 11 is 0. The number of carboxylic acids is 1. The van der Waals surface area contributed by atoms with Gasteiger partial charge in [0.25, 0.3) is 0 Å². The summed E-state index contributed by atoms with van der Waals surface area (Å²) in [6.07, 6.45) is 1.98. The molecule has 0 unspecified atom stereocenters. The normalized spacial score (nSPS) is 18.2. The maximum atomic E-state index is 10.8. The molecule has 0 amide bonds. The summed E-state index contributed by atoms with van der Waals surface area (Å²) in [6.45, 7) is -0.184. The van der Waals surface area contributed by atoms with E-state index in [1.807, 2.05) is 0 Å². The zero-order chi connectivity index (χ0) is 19.6. The van der Waals surface area contributed by atoms with Gasteiger partial charge in [0, 0.05) is 11.6 Å². The lowest BCUT2D eigenvalue weighted by molar-refractivity contribution is -0.131. The van der Waals surface area contributed by atoms with Crippen LogP contribution in [0.2, 0.25) is 0 Å². The van der Waals surface area contributed by atoms with E-state index in [-0.39, 0.29) is 18.3 Å². The van der Waals surface area contributed by atoms with E-state index in [1.54, 1.807) is 24.3 Å². The first-order valence-corrected chi connectivity index (χ1v) is 8.25. The Bertz CT molecular complexity index is 888. The van der Waals surface area contributed by atoms with Crippen LogP contribution in [0.3, 0.4) is 0 Å². The summed E-state index contributed by atoms with van der Waals surface area (Å²) in [5.41, 5.74) is 2.07. The third-order valence-corrected chi connectivity index (χ3v) is 4.48. The lowest BCUT2D eigenvalue weighted by Crippen LogP contribution is -2.13. The first-order valence-electron chi connectivity index (χ1n) is 8.25. The lowest BCUT2D eigenvalue weighted by Gasteiger charge is -2.18. The number of ether oxygens (including phenoxy) is 3. The Labute approximate surface area is 156 Å². The minimum atomic E-state index is -1.06. The van der Waals surface area contributed by atoms with Crippen LogP contribution < -0.4 is 14.2 Å². The van der Waals surface area contributed by atoms with Crippen molar-refractivity contribution in [3.8, 4) is 23.0 Å². The molecule has 3 rings (SSSR count). The Kier molecular flexibility index (Phi) is 5.23. The molecule has 7 nitrogen and oxygen atoms in total. The molecule has 2 aromatic carbocycles. The van der Waals surface area contributed by atoms with Gasteiger partial charge in [-0.2, -0.15) is 0 Å². The molecule has 1 heterocycles. The topological polar surface area (TPSA) is 105 Å². The number of phenols is 1. The quantitative estimate of drug-likeness (QED) is 0.670. The predicted octanol–water partition coefficient (Wildman–Crippen LogP) is 2.72. The molecule has 7 heteroatoms. The Morgan fingerprint density at radius 2 is 1.93 bits per heavy atom. The monoisotopic (exact) mass is 372 g/mol. The first kappa shape index (κ1) is 18.6. The van der Waals surface area contributed by atoms with Crippen LogP contribution in [0.15, 0.2) is 36.4 Å². The number of methoxy groups -OCH3 is 2. The number of hydrogen-bond acceptors (Lipinski definition) is 6. The van der Waals surface area contributed by atoms with Gasteiger partial charge in [-0.1, -0.05) is 6.07 Å². The minimum absolute atomic E-state index is 0.0102. The number of aliphatic hydroxyl groups is 1. The third-order valence-electron chi connectivity index (χ3n) is 4.48. The molecule has 0 fully saturated rings. The smallest absolute Gasteiger partial charge is 0.328 e. The second-order valence-electron chi connectivity index (χ2n) is 6.07. The van der Waals surface area contributed by atoms with Crippen LogP contribution in [0, 0.1) is 0 Å². The summed E-state index contributed by atoms with van der Waals surface area (Å²) in [7, 11) is 2.95. The van der Waals surface area contributed by atoms with Crippen molar-refractivity contribution in [2.75, 3.05) is 20.8 Å². The van der Waals surface area contributed by atoms with E-state index in [2.05, 4.69) is 0 Å². The summed E-state index contributed by atoms with van der Waals surface area (Å²) in [5, 5.41) is 28.6. The third kappa shape index (κ3) is 3.54. The highest BCUT2D eigenvalue weighted by atomic mass is 16.5. The molecule has 1 aliphatic heterocycles. The SMILES string of the molecule is COc1cc([C@@H]2Oc3c(OC)cc(/C=C/C(=O)O)cc3[C@@H]2CO)ccc1O. The Morgan fingerprint density at radius 1 is 1.19 bits per heavy atom. The number of rotatable bonds is 6. The van der Waals surface area contributed by atoms with Crippen LogP contribution in [-0.4, -0.2) is 42.1 Å². The molecule has 0 bridgehead atoms. The van der Waals surface area contributed by atoms with Crippen LogP contribution in [0.25, 0.3) is 6.08 Å². The molecular weight excluding hydrogens is 352 g/mol. The summed E-state index contributed by atoms with van der Waals surface area (Å²) in [6, 6.07) is 8.32. The predicted molar refractivity (Wildman–Crippen MR) is 97.5 cm³/mol. The largest absolute Gasteiger partial charge is 0.504 e. The van der Waals surface area contributed by atoms with Crippen LogP contribution in [0.1, 0.15) is 28.7 Å². The molecule has 2 atom stereocenters. The molecule has 142 valence electrons. The molecule has 0 aliphatic carbocycles. The number of aliphatic carboxylic acids is 1. The molecule has 0 saturated heterocycles. The van der Waals surface area contributed by atoms with Gasteiger partial charge in [0.2, 0.25) is 0 Å². The van der Waals surface area contributed by atoms with Gasteiger partial charge in [0.05, 0.1) is 26.7 Å². The Morgan fingerprint density at radius 3 is 2.56 bits per heavy atom. The van der Waals surface area contributed by atoms with Gasteiger partial charge in [-0.25, -0.2) is 4.79 Å². The molecule has 0 spiro atoms. The van der Waals surface area contributed by atoms with E-state index in [1.165, 1.54) is 26.4 Å². The Balaban J connectivity index is 2.04. The zero-order valence-electron chi connectivity index (χ0n) is 14.9. The molecule has 0 saturated carbocycles. The number of aromatic hydroxyl groups is 1. The van der Waals surface area contributed by atoms with Gasteiger partial charge in [-0.3, -0.25) is 0 Å². The Hall–Kier alpha value is -3.19. The van der Waals surface area contributed by atoms with E-state index in [9.17, 15) is 15.0 Å². The number of benzene rings is 2. The van der Waals surface area contributed by atoms with Crippen molar-refractivity contribution in [1.82, 2.24) is 0 Å². The number of fused-ring (bicyclic) bond motifs is 1. The van der Waals surface area contributed by atoms with Crippen LogP contribution in [0.5, 0.6) is 23.0 Å². The van der Waals surface area contributed by atoms with Crippen molar-refractivity contribution in [3.63, 3.8) is 0 Å². The molecule has 27 heavy (non-hydrogen) atoms. The molecule has 3 N–H and O–H groups in total. The van der Waals surface area contributed by atoms with Gasteiger partial charge in [-0.15, -0.1) is 0 Å². The van der Waals surface area contributed by atoms with Gasteiger partial charge in [0.1, 0.15) is 6.10 Å². The highest BCUT2D eigenvalue weighted by molar-refractivity contribution is 5.85. The van der Waals surface area contributed by atoms with Crippen LogP contribution in [0.4, 0.5) is 0 Å². The number of phenolic OH excluding ortho intramolecular Hbond substituents is 1. The van der Waals surface area contributed by atoms with Gasteiger partial charge in [0.15, 0.2) is 23.0 Å². The van der Waals surface area contributed by atoms with Gasteiger partial charge < -0.3 is 29.5 Å². The van der Waals surface area contributed by atoms with Crippen molar-refractivity contribution < 1.29 is 34.3 Å². The number of aliphatic hydroxyl groups excluding tert-OH is 1. The standard InChI is InChI=1S/C20H20O7/c1-25-16-9-12(4-5-15(16)22)19-14(10-21)13-7-11(3-6-18(23)24)8-17(26-2)20(13)27-19/h3-9,14,19,21-22H,10H2,1-2H3,(H,23,24)/b6-3+/t14-,19-/m0/s1. The fourth-order valence-corrected chi connectivity index (χ4v) is 3.20. The van der Waals surface area contributed by atoms with Crippen molar-refractivity contribution >= 4 is 12.0 Å². The number of carboxylic acid groups (broad SMARTS) is 1. The zero-order valence-corrected chi connectivity index (χ0v) is 14.9. The average Bonchev–Trinajstić information content (AvgIpc) is 3.04. The second-order valence-corrected chi connectivity index (χ2v) is 6.07. The lowest BCUT2D eigenvalue weighted by atomic mass is 9.90. The molecular formula is C20H20O7. The maximum Gasteiger partial charge on any atom is 0.328 e. The van der Waals surface area contributed by atoms with Crippen LogP contribution in [-0.2, 0) is 4.79 Å². The summed E-state index contributed by atoms with van der Waals surface area (Å²) in [5.74, 6) is -0.179. The number of hydrogen-bond donors (Lipinski definition) is 3. The molecule has 0 aromatic heterocycles. The van der Waals surface area contributed by atoms with Crippen molar-refractivity contribution in [2.24, 2.45) is 0 Å². The van der Waals surface area contributed by atoms with Gasteiger partial charge >= 0.3 is 5.97 Å². The average molecular weight is 372 g/mol. The van der Waals surface area contributed by atoms with Crippen molar-refractivity contribution in [1.29, 1.82) is 0 Å². The maximum absolute atomic E-state index is 10.8. The number of carbonyl (C=O) groups is 1. The van der Waals surface area contributed by atoms with E-state index < -0.39 is 12.1 Å². The van der Waals surface area contributed by atoms with Crippen LogP contribution >= 0.6 is 0 Å².